The highest BCUT2D eigenvalue weighted by atomic mass is 19.4. The van der Waals surface area contributed by atoms with Crippen molar-refractivity contribution in [2.75, 3.05) is 7.11 Å². The lowest BCUT2D eigenvalue weighted by molar-refractivity contribution is -0.138. The quantitative estimate of drug-likeness (QED) is 0.175. The zero-order chi connectivity index (χ0) is 31.8. The Balaban J connectivity index is 1.91. The van der Waals surface area contributed by atoms with E-state index in [9.17, 15) is 26.3 Å². The average molecular weight is 605 g/mol. The predicted molar refractivity (Wildman–Crippen MR) is 164 cm³/mol. The smallest absolute Gasteiger partial charge is 0.416 e. The van der Waals surface area contributed by atoms with Crippen molar-refractivity contribution in [2.45, 2.75) is 39.0 Å². The van der Waals surface area contributed by atoms with Crippen molar-refractivity contribution in [2.24, 2.45) is 0 Å². The van der Waals surface area contributed by atoms with E-state index in [-0.39, 0.29) is 5.92 Å². The summed E-state index contributed by atoms with van der Waals surface area (Å²) in [6.07, 6.45) is -9.12. The number of ether oxygens (including phenoxy) is 1. The van der Waals surface area contributed by atoms with Crippen molar-refractivity contribution < 1.29 is 31.1 Å². The minimum absolute atomic E-state index is 0.245. The molecule has 7 heteroatoms. The summed E-state index contributed by atoms with van der Waals surface area (Å²) in [7, 11) is 1.54. The summed E-state index contributed by atoms with van der Waals surface area (Å²) < 4.78 is 87.7. The molecule has 1 nitrogen and oxygen atoms in total. The summed E-state index contributed by atoms with van der Waals surface area (Å²) in [5, 5.41) is 0. The normalized spacial score (nSPS) is 12.1. The maximum absolute atomic E-state index is 13.9. The molecule has 0 aliphatic rings. The van der Waals surface area contributed by atoms with Gasteiger partial charge in [0.05, 0.1) is 18.2 Å². The van der Waals surface area contributed by atoms with E-state index in [1.165, 1.54) is 25.3 Å². The van der Waals surface area contributed by atoms with E-state index in [4.69, 9.17) is 4.74 Å². The van der Waals surface area contributed by atoms with Crippen LogP contribution >= 0.6 is 0 Å². The van der Waals surface area contributed by atoms with Gasteiger partial charge in [0.25, 0.3) is 0 Å². The van der Waals surface area contributed by atoms with Crippen LogP contribution in [0.5, 0.6) is 5.75 Å². The van der Waals surface area contributed by atoms with Crippen LogP contribution in [0.1, 0.15) is 42.0 Å². The number of hydrogen-bond donors (Lipinski definition) is 0. The lowest BCUT2D eigenvalue weighted by atomic mass is 9.80. The minimum Gasteiger partial charge on any atom is -0.497 e. The van der Waals surface area contributed by atoms with Gasteiger partial charge in [-0.15, -0.1) is 0 Å². The molecule has 0 heterocycles. The average Bonchev–Trinajstić information content (AvgIpc) is 3.00. The van der Waals surface area contributed by atoms with Crippen molar-refractivity contribution >= 4 is 0 Å². The first-order valence-electron chi connectivity index (χ1n) is 14.1. The van der Waals surface area contributed by atoms with Crippen LogP contribution in [0.2, 0.25) is 0 Å². The Labute approximate surface area is 252 Å². The zero-order valence-electron chi connectivity index (χ0n) is 24.6. The number of rotatable bonds is 6. The largest absolute Gasteiger partial charge is 0.497 e. The van der Waals surface area contributed by atoms with E-state index in [1.54, 1.807) is 18.2 Å². The molecule has 0 aliphatic carbocycles. The van der Waals surface area contributed by atoms with E-state index < -0.39 is 23.5 Å². The van der Waals surface area contributed by atoms with Gasteiger partial charge >= 0.3 is 12.4 Å². The molecule has 5 aromatic rings. The zero-order valence-corrected chi connectivity index (χ0v) is 24.6. The predicted octanol–water partition coefficient (Wildman–Crippen LogP) is 11.8. The highest BCUT2D eigenvalue weighted by molar-refractivity contribution is 6.00. The van der Waals surface area contributed by atoms with Crippen LogP contribution in [0.4, 0.5) is 26.3 Å². The molecule has 5 aromatic carbocycles. The molecule has 226 valence electrons. The maximum Gasteiger partial charge on any atom is 0.416 e. The van der Waals surface area contributed by atoms with Crippen LogP contribution in [0.15, 0.2) is 103 Å². The lowest BCUT2D eigenvalue weighted by Gasteiger charge is -2.23. The first-order valence-corrected chi connectivity index (χ1v) is 14.1. The maximum atomic E-state index is 13.9. The highest BCUT2D eigenvalue weighted by Crippen LogP contribution is 2.47. The molecule has 0 aromatic heterocycles. The van der Waals surface area contributed by atoms with Crippen LogP contribution < -0.4 is 4.74 Å². The number of halogens is 6. The van der Waals surface area contributed by atoms with Crippen molar-refractivity contribution in [1.82, 2.24) is 0 Å². The van der Waals surface area contributed by atoms with Crippen molar-refractivity contribution in [3.05, 3.63) is 125 Å². The fraction of sp³-hybridized carbons (Fsp3) is 0.189. The molecule has 0 N–H and O–H groups in total. The van der Waals surface area contributed by atoms with Crippen molar-refractivity contribution in [1.29, 1.82) is 0 Å². The molecule has 44 heavy (non-hydrogen) atoms. The number of alkyl halides is 6. The first kappa shape index (κ1) is 30.9. The van der Waals surface area contributed by atoms with Crippen LogP contribution in [-0.2, 0) is 12.4 Å². The molecule has 5 rings (SSSR count). The Morgan fingerprint density at radius 3 is 1.73 bits per heavy atom. The molecule has 0 bridgehead atoms. The summed E-state index contributed by atoms with van der Waals surface area (Å²) in [6.45, 7) is 6.03. The molecule has 0 fully saturated rings. The number of methoxy groups -OCH3 is 1. The molecular formula is C37H30F6O. The number of hydrogen-bond acceptors (Lipinski definition) is 1. The van der Waals surface area contributed by atoms with Gasteiger partial charge in [0.2, 0.25) is 0 Å². The third-order valence-electron chi connectivity index (χ3n) is 7.83. The molecule has 0 saturated carbocycles. The van der Waals surface area contributed by atoms with Crippen LogP contribution in [0.3, 0.4) is 0 Å². The van der Waals surface area contributed by atoms with Gasteiger partial charge in [-0.2, -0.15) is 26.3 Å². The molecular weight excluding hydrogens is 574 g/mol. The third kappa shape index (κ3) is 6.23. The Hall–Kier alpha value is -4.52. The standard InChI is InChI=1S/C37H30F6O/c1-22(2)26-7-5-8-27(19-26)32-21-33(24-13-17-31(44-4)18-14-24)35(28-9-6-10-30(20-28)37(41,42)43)34(23(32)3)25-11-15-29(16-12-25)36(38,39)40/h5-22H,1-4H3. The van der Waals surface area contributed by atoms with Crippen LogP contribution in [-0.4, -0.2) is 7.11 Å². The summed E-state index contributed by atoms with van der Waals surface area (Å²) in [4.78, 5) is 0. The molecule has 0 unspecified atom stereocenters. The van der Waals surface area contributed by atoms with Crippen LogP contribution in [0, 0.1) is 6.92 Å². The SMILES string of the molecule is COc1ccc(-c2cc(-c3cccc(C(C)C)c3)c(C)c(-c3ccc(C(F)(F)F)cc3)c2-c2cccc(C(F)(F)F)c2)cc1. The Morgan fingerprint density at radius 2 is 1.14 bits per heavy atom. The fourth-order valence-corrected chi connectivity index (χ4v) is 5.48. The summed E-state index contributed by atoms with van der Waals surface area (Å²) in [5.41, 5.74) is 5.07. The molecule has 0 saturated heterocycles. The molecule has 0 radical (unpaired) electrons. The van der Waals surface area contributed by atoms with Gasteiger partial charge in [0, 0.05) is 0 Å². The van der Waals surface area contributed by atoms with E-state index in [2.05, 4.69) is 19.9 Å². The van der Waals surface area contributed by atoms with Crippen LogP contribution in [0.25, 0.3) is 44.5 Å². The van der Waals surface area contributed by atoms with E-state index in [0.29, 0.717) is 39.1 Å². The topological polar surface area (TPSA) is 9.23 Å². The summed E-state index contributed by atoms with van der Waals surface area (Å²) in [5.74, 6) is 0.851. The highest BCUT2D eigenvalue weighted by Gasteiger charge is 2.32. The van der Waals surface area contributed by atoms with E-state index >= 15 is 0 Å². The van der Waals surface area contributed by atoms with Gasteiger partial charge in [-0.05, 0) is 111 Å². The third-order valence-corrected chi connectivity index (χ3v) is 7.83. The molecule has 0 amide bonds. The van der Waals surface area contributed by atoms with Gasteiger partial charge in [-0.3, -0.25) is 0 Å². The minimum atomic E-state index is -4.59. The number of benzene rings is 5. The molecule has 0 aliphatic heterocycles. The van der Waals surface area contributed by atoms with E-state index in [0.717, 1.165) is 46.5 Å². The summed E-state index contributed by atoms with van der Waals surface area (Å²) in [6, 6.07) is 27.0. The van der Waals surface area contributed by atoms with Gasteiger partial charge in [-0.1, -0.05) is 74.5 Å². The second-order valence-electron chi connectivity index (χ2n) is 11.0. The van der Waals surface area contributed by atoms with E-state index in [1.807, 2.05) is 43.3 Å². The van der Waals surface area contributed by atoms with Gasteiger partial charge in [-0.25, -0.2) is 0 Å². The van der Waals surface area contributed by atoms with Crippen molar-refractivity contribution in [3.8, 4) is 50.3 Å². The van der Waals surface area contributed by atoms with Gasteiger partial charge < -0.3 is 4.74 Å². The Kier molecular flexibility index (Phi) is 8.34. The first-order chi connectivity index (χ1) is 20.8. The monoisotopic (exact) mass is 604 g/mol. The lowest BCUT2D eigenvalue weighted by Crippen LogP contribution is -2.05. The second-order valence-corrected chi connectivity index (χ2v) is 11.0. The van der Waals surface area contributed by atoms with Gasteiger partial charge in [0.15, 0.2) is 0 Å². The second kappa shape index (κ2) is 11.9. The molecule has 0 atom stereocenters. The Morgan fingerprint density at radius 1 is 0.545 bits per heavy atom. The summed E-state index contributed by atoms with van der Waals surface area (Å²) >= 11 is 0. The van der Waals surface area contributed by atoms with Gasteiger partial charge in [0.1, 0.15) is 5.75 Å². The molecule has 0 spiro atoms. The van der Waals surface area contributed by atoms with Crippen molar-refractivity contribution in [3.63, 3.8) is 0 Å². The Bertz CT molecular complexity index is 1780. The fourth-order valence-electron chi connectivity index (χ4n) is 5.48.